The lowest BCUT2D eigenvalue weighted by atomic mass is 10.2. The number of hydrogen-bond donors (Lipinski definition) is 1. The molecule has 0 amide bonds. The van der Waals surface area contributed by atoms with E-state index in [1.54, 1.807) is 14.2 Å². The third-order valence-electron chi connectivity index (χ3n) is 3.11. The molecule has 0 bridgehead atoms. The highest BCUT2D eigenvalue weighted by molar-refractivity contribution is 5.40. The number of methoxy groups -OCH3 is 1. The summed E-state index contributed by atoms with van der Waals surface area (Å²) in [6.45, 7) is 3.20. The van der Waals surface area contributed by atoms with Crippen molar-refractivity contribution in [1.29, 1.82) is 0 Å². The molecule has 6 nitrogen and oxygen atoms in total. The highest BCUT2D eigenvalue weighted by atomic mass is 16.5. The van der Waals surface area contributed by atoms with Crippen LogP contribution in [0.15, 0.2) is 0 Å². The summed E-state index contributed by atoms with van der Waals surface area (Å²) < 4.78 is 5.10. The fourth-order valence-electron chi connectivity index (χ4n) is 2.20. The maximum atomic E-state index is 5.10. The van der Waals surface area contributed by atoms with Crippen molar-refractivity contribution in [2.45, 2.75) is 32.2 Å². The summed E-state index contributed by atoms with van der Waals surface area (Å²) in [5.41, 5.74) is 0. The van der Waals surface area contributed by atoms with E-state index in [1.165, 1.54) is 12.8 Å². The van der Waals surface area contributed by atoms with E-state index in [-0.39, 0.29) is 0 Å². The number of rotatable bonds is 4. The maximum Gasteiger partial charge on any atom is 0.322 e. The summed E-state index contributed by atoms with van der Waals surface area (Å²) in [7, 11) is 3.36. The topological polar surface area (TPSA) is 63.2 Å². The van der Waals surface area contributed by atoms with Gasteiger partial charge in [-0.1, -0.05) is 6.92 Å². The summed E-state index contributed by atoms with van der Waals surface area (Å²) >= 11 is 0. The van der Waals surface area contributed by atoms with Crippen molar-refractivity contribution < 1.29 is 4.74 Å². The molecule has 0 spiro atoms. The Morgan fingerprint density at radius 3 is 2.88 bits per heavy atom. The van der Waals surface area contributed by atoms with E-state index in [1.807, 2.05) is 0 Å². The van der Waals surface area contributed by atoms with Crippen molar-refractivity contribution in [3.63, 3.8) is 0 Å². The van der Waals surface area contributed by atoms with E-state index in [0.29, 0.717) is 23.9 Å². The normalized spacial score (nSPS) is 19.5. The summed E-state index contributed by atoms with van der Waals surface area (Å²) in [4.78, 5) is 15.1. The first-order valence-corrected chi connectivity index (χ1v) is 6.03. The number of nitrogens with zero attached hydrogens (tertiary/aromatic N) is 4. The first kappa shape index (κ1) is 11.9. The predicted molar refractivity (Wildman–Crippen MR) is 66.6 cm³/mol. The van der Waals surface area contributed by atoms with Crippen LogP contribution in [-0.2, 0) is 0 Å². The smallest absolute Gasteiger partial charge is 0.322 e. The number of anilines is 2. The second-order valence-electron chi connectivity index (χ2n) is 4.09. The lowest BCUT2D eigenvalue weighted by Crippen LogP contribution is -2.30. The third kappa shape index (κ3) is 2.40. The zero-order chi connectivity index (χ0) is 12.3. The molecule has 94 valence electrons. The van der Waals surface area contributed by atoms with Gasteiger partial charge in [0, 0.05) is 19.6 Å². The SMILES string of the molecule is CCC1CCCN1c1nc(NC)nc(OC)n1. The van der Waals surface area contributed by atoms with Gasteiger partial charge in [0.15, 0.2) is 0 Å². The van der Waals surface area contributed by atoms with Gasteiger partial charge in [0.2, 0.25) is 11.9 Å². The molecule has 2 rings (SSSR count). The van der Waals surface area contributed by atoms with Crippen LogP contribution in [-0.4, -0.2) is 41.7 Å². The van der Waals surface area contributed by atoms with Crippen LogP contribution in [0.3, 0.4) is 0 Å². The van der Waals surface area contributed by atoms with Crippen molar-refractivity contribution in [2.24, 2.45) is 0 Å². The van der Waals surface area contributed by atoms with Crippen LogP contribution < -0.4 is 15.0 Å². The van der Waals surface area contributed by atoms with E-state index in [4.69, 9.17) is 4.74 Å². The third-order valence-corrected chi connectivity index (χ3v) is 3.11. The highest BCUT2D eigenvalue weighted by Gasteiger charge is 2.26. The van der Waals surface area contributed by atoms with Crippen LogP contribution in [0.25, 0.3) is 0 Å². The molecule has 1 fully saturated rings. The molecule has 0 aromatic carbocycles. The molecule has 6 heteroatoms. The van der Waals surface area contributed by atoms with E-state index in [2.05, 4.69) is 32.1 Å². The Hall–Kier alpha value is -1.59. The Balaban J connectivity index is 2.30. The van der Waals surface area contributed by atoms with Crippen LogP contribution in [0.5, 0.6) is 6.01 Å². The van der Waals surface area contributed by atoms with Crippen LogP contribution >= 0.6 is 0 Å². The summed E-state index contributed by atoms with van der Waals surface area (Å²) in [5.74, 6) is 1.26. The molecule has 0 saturated carbocycles. The van der Waals surface area contributed by atoms with Crippen LogP contribution in [0, 0.1) is 0 Å². The minimum absolute atomic E-state index is 0.362. The molecule has 1 aliphatic rings. The molecule has 1 atom stereocenters. The lowest BCUT2D eigenvalue weighted by Gasteiger charge is -2.23. The molecule has 1 aliphatic heterocycles. The van der Waals surface area contributed by atoms with Gasteiger partial charge in [0.05, 0.1) is 7.11 Å². The molecule has 1 aromatic rings. The molecular weight excluding hydrogens is 218 g/mol. The van der Waals surface area contributed by atoms with Crippen molar-refractivity contribution in [3.8, 4) is 6.01 Å². The Labute approximate surface area is 101 Å². The fraction of sp³-hybridized carbons (Fsp3) is 0.727. The highest BCUT2D eigenvalue weighted by Crippen LogP contribution is 2.25. The number of ether oxygens (including phenoxy) is 1. The van der Waals surface area contributed by atoms with Crippen LogP contribution in [0.2, 0.25) is 0 Å². The van der Waals surface area contributed by atoms with Gasteiger partial charge in [-0.2, -0.15) is 15.0 Å². The molecule has 17 heavy (non-hydrogen) atoms. The van der Waals surface area contributed by atoms with Gasteiger partial charge in [-0.25, -0.2) is 0 Å². The molecule has 1 N–H and O–H groups in total. The first-order valence-electron chi connectivity index (χ1n) is 6.03. The molecule has 0 aliphatic carbocycles. The summed E-state index contributed by atoms with van der Waals surface area (Å²) in [6, 6.07) is 0.896. The van der Waals surface area contributed by atoms with Crippen molar-refractivity contribution in [1.82, 2.24) is 15.0 Å². The number of hydrogen-bond acceptors (Lipinski definition) is 6. The molecule has 2 heterocycles. The van der Waals surface area contributed by atoms with Gasteiger partial charge >= 0.3 is 6.01 Å². The number of nitrogens with one attached hydrogen (secondary N) is 1. The first-order chi connectivity index (χ1) is 8.28. The van der Waals surface area contributed by atoms with Crippen molar-refractivity contribution >= 4 is 11.9 Å². The largest absolute Gasteiger partial charge is 0.467 e. The van der Waals surface area contributed by atoms with Gasteiger partial charge in [-0.15, -0.1) is 0 Å². The van der Waals surface area contributed by atoms with E-state index >= 15 is 0 Å². The Kier molecular flexibility index (Phi) is 3.61. The van der Waals surface area contributed by atoms with Crippen molar-refractivity contribution in [3.05, 3.63) is 0 Å². The minimum atomic E-state index is 0.362. The molecule has 1 unspecified atom stereocenters. The number of aromatic nitrogens is 3. The average molecular weight is 237 g/mol. The molecule has 1 saturated heterocycles. The van der Waals surface area contributed by atoms with Gasteiger partial charge in [0.25, 0.3) is 0 Å². The van der Waals surface area contributed by atoms with Gasteiger partial charge in [-0.05, 0) is 19.3 Å². The summed E-state index contributed by atoms with van der Waals surface area (Å²) in [5, 5.41) is 2.93. The zero-order valence-corrected chi connectivity index (χ0v) is 10.6. The molecule has 0 radical (unpaired) electrons. The van der Waals surface area contributed by atoms with Gasteiger partial charge < -0.3 is 15.0 Å². The molecule has 1 aromatic heterocycles. The van der Waals surface area contributed by atoms with E-state index < -0.39 is 0 Å². The second kappa shape index (κ2) is 5.16. The Bertz CT molecular complexity index is 362. The van der Waals surface area contributed by atoms with Crippen LogP contribution in [0.4, 0.5) is 11.9 Å². The monoisotopic (exact) mass is 237 g/mol. The quantitative estimate of drug-likeness (QED) is 0.851. The maximum absolute atomic E-state index is 5.10. The van der Waals surface area contributed by atoms with Gasteiger partial charge in [0.1, 0.15) is 0 Å². The average Bonchev–Trinajstić information content (AvgIpc) is 2.86. The fourth-order valence-corrected chi connectivity index (χ4v) is 2.20. The van der Waals surface area contributed by atoms with E-state index in [0.717, 1.165) is 13.0 Å². The second-order valence-corrected chi connectivity index (χ2v) is 4.09. The standard InChI is InChI=1S/C11H19N5O/c1-4-8-6-5-7-16(8)10-13-9(12-2)14-11(15-10)17-3/h8H,4-7H2,1-3H3,(H,12,13,14,15). The Morgan fingerprint density at radius 2 is 2.24 bits per heavy atom. The molecular formula is C11H19N5O. The van der Waals surface area contributed by atoms with Crippen LogP contribution in [0.1, 0.15) is 26.2 Å². The minimum Gasteiger partial charge on any atom is -0.467 e. The zero-order valence-electron chi connectivity index (χ0n) is 10.6. The predicted octanol–water partition coefficient (Wildman–Crippen LogP) is 1.30. The summed E-state index contributed by atoms with van der Waals surface area (Å²) in [6.07, 6.45) is 3.52. The van der Waals surface area contributed by atoms with Gasteiger partial charge in [-0.3, -0.25) is 0 Å². The van der Waals surface area contributed by atoms with E-state index in [9.17, 15) is 0 Å². The van der Waals surface area contributed by atoms with Crippen molar-refractivity contribution in [2.75, 3.05) is 30.9 Å². The lowest BCUT2D eigenvalue weighted by molar-refractivity contribution is 0.378. The Morgan fingerprint density at radius 1 is 1.41 bits per heavy atom.